The molecule has 6 nitrogen and oxygen atoms in total. The Morgan fingerprint density at radius 1 is 1.42 bits per heavy atom. The third-order valence-electron chi connectivity index (χ3n) is 5.26. The molecular weight excluding hydrogens is 315 g/mol. The monoisotopic (exact) mass is 332 g/mol. The number of hydrogen-bond donors (Lipinski definition) is 2. The number of hydrogen-bond acceptors (Lipinski definition) is 3. The average molecular weight is 332 g/mol. The van der Waals surface area contributed by atoms with Crippen LogP contribution in [0.3, 0.4) is 0 Å². The van der Waals surface area contributed by atoms with Gasteiger partial charge in [0.25, 0.3) is 5.91 Å². The summed E-state index contributed by atoms with van der Waals surface area (Å²) in [6.45, 7) is 1.23. The summed E-state index contributed by atoms with van der Waals surface area (Å²) in [7, 11) is 0. The molecule has 0 aliphatic carbocycles. The maximum absolute atomic E-state index is 13.8. The van der Waals surface area contributed by atoms with Gasteiger partial charge in [-0.15, -0.1) is 0 Å². The fraction of sp³-hybridized carbons (Fsp3) is 0.412. The second kappa shape index (κ2) is 5.31. The number of aromatic nitrogens is 1. The minimum absolute atomic E-state index is 0.160. The van der Waals surface area contributed by atoms with E-state index in [0.29, 0.717) is 37.1 Å². The summed E-state index contributed by atoms with van der Waals surface area (Å²) in [5, 5.41) is 10.0. The molecule has 2 aliphatic rings. The molecule has 2 N–H and O–H groups in total. The number of benzene rings is 1. The number of carbonyl (C=O) groups excluding carboxylic acids is 1. The van der Waals surface area contributed by atoms with E-state index in [1.165, 1.54) is 17.0 Å². The minimum Gasteiger partial charge on any atom is -0.481 e. The average Bonchev–Trinajstić information content (AvgIpc) is 3.17. The molecule has 2 aliphatic heterocycles. The molecule has 0 spiro atoms. The number of ether oxygens (including phenoxy) is 1. The van der Waals surface area contributed by atoms with Gasteiger partial charge in [-0.25, -0.2) is 4.39 Å². The van der Waals surface area contributed by atoms with E-state index in [-0.39, 0.29) is 24.1 Å². The Morgan fingerprint density at radius 3 is 2.96 bits per heavy atom. The molecule has 2 fully saturated rings. The lowest BCUT2D eigenvalue weighted by Crippen LogP contribution is -2.45. The molecule has 7 heteroatoms. The van der Waals surface area contributed by atoms with E-state index in [9.17, 15) is 19.1 Å². The zero-order valence-electron chi connectivity index (χ0n) is 12.9. The number of halogens is 1. The molecule has 4 rings (SSSR count). The number of rotatable bonds is 2. The molecule has 3 heterocycles. The lowest BCUT2D eigenvalue weighted by atomic mass is 9.74. The van der Waals surface area contributed by atoms with Crippen LogP contribution in [0.25, 0.3) is 10.9 Å². The molecule has 2 atom stereocenters. The SMILES string of the molecule is O=C(c1cc2c(F)cccc2[nH]1)N1C[C@H]2COCC[C@@]2(C(=O)O)C1. The number of carboxylic acid groups (broad SMARTS) is 1. The van der Waals surface area contributed by atoms with Crippen molar-refractivity contribution in [2.75, 3.05) is 26.3 Å². The molecule has 1 amide bonds. The van der Waals surface area contributed by atoms with E-state index in [1.54, 1.807) is 12.1 Å². The van der Waals surface area contributed by atoms with E-state index >= 15 is 0 Å². The first-order valence-electron chi connectivity index (χ1n) is 7.89. The number of likely N-dealkylation sites (tertiary alicyclic amines) is 1. The van der Waals surface area contributed by atoms with Crippen LogP contribution in [0.5, 0.6) is 0 Å². The number of aliphatic carboxylic acids is 1. The van der Waals surface area contributed by atoms with Crippen LogP contribution >= 0.6 is 0 Å². The Bertz CT molecular complexity index is 833. The summed E-state index contributed by atoms with van der Waals surface area (Å²) < 4.78 is 19.2. The maximum atomic E-state index is 13.8. The fourth-order valence-corrected chi connectivity index (χ4v) is 3.86. The second-order valence-corrected chi connectivity index (χ2v) is 6.55. The van der Waals surface area contributed by atoms with Crippen molar-refractivity contribution < 1.29 is 23.8 Å². The topological polar surface area (TPSA) is 82.6 Å². The molecule has 2 aromatic rings. The van der Waals surface area contributed by atoms with Gasteiger partial charge < -0.3 is 19.7 Å². The highest BCUT2D eigenvalue weighted by molar-refractivity contribution is 5.98. The maximum Gasteiger partial charge on any atom is 0.311 e. The van der Waals surface area contributed by atoms with Crippen molar-refractivity contribution in [3.63, 3.8) is 0 Å². The van der Waals surface area contributed by atoms with Gasteiger partial charge in [-0.1, -0.05) is 6.07 Å². The molecule has 0 radical (unpaired) electrons. The number of carbonyl (C=O) groups is 2. The zero-order chi connectivity index (χ0) is 16.9. The molecule has 2 saturated heterocycles. The van der Waals surface area contributed by atoms with Gasteiger partial charge in [0.15, 0.2) is 0 Å². The van der Waals surface area contributed by atoms with Crippen molar-refractivity contribution in [1.82, 2.24) is 9.88 Å². The predicted octanol–water partition coefficient (Wildman–Crippen LogP) is 1.87. The number of carboxylic acids is 1. The quantitative estimate of drug-likeness (QED) is 0.879. The Balaban J connectivity index is 1.65. The van der Waals surface area contributed by atoms with E-state index in [1.807, 2.05) is 0 Å². The first kappa shape index (κ1) is 15.1. The van der Waals surface area contributed by atoms with Crippen LogP contribution in [0, 0.1) is 17.2 Å². The molecule has 24 heavy (non-hydrogen) atoms. The number of fused-ring (bicyclic) bond motifs is 2. The van der Waals surface area contributed by atoms with Gasteiger partial charge in [-0.2, -0.15) is 0 Å². The third kappa shape index (κ3) is 2.11. The van der Waals surface area contributed by atoms with E-state index in [4.69, 9.17) is 4.74 Å². The van der Waals surface area contributed by atoms with Crippen LogP contribution in [0.1, 0.15) is 16.9 Å². The van der Waals surface area contributed by atoms with Gasteiger partial charge in [-0.3, -0.25) is 9.59 Å². The number of aromatic amines is 1. The molecule has 1 aromatic carbocycles. The second-order valence-electron chi connectivity index (χ2n) is 6.55. The summed E-state index contributed by atoms with van der Waals surface area (Å²) in [4.78, 5) is 29.0. The Labute approximate surface area is 137 Å². The first-order chi connectivity index (χ1) is 11.5. The van der Waals surface area contributed by atoms with Crippen LogP contribution in [-0.4, -0.2) is 53.2 Å². The van der Waals surface area contributed by atoms with Crippen LogP contribution in [0.2, 0.25) is 0 Å². The summed E-state index contributed by atoms with van der Waals surface area (Å²) in [6.07, 6.45) is 0.401. The van der Waals surface area contributed by atoms with E-state index in [2.05, 4.69) is 4.98 Å². The summed E-state index contributed by atoms with van der Waals surface area (Å²) in [6, 6.07) is 6.10. The lowest BCUT2D eigenvalue weighted by molar-refractivity contribution is -0.157. The predicted molar refractivity (Wildman–Crippen MR) is 83.2 cm³/mol. The van der Waals surface area contributed by atoms with Crippen LogP contribution in [0.15, 0.2) is 24.3 Å². The van der Waals surface area contributed by atoms with Crippen molar-refractivity contribution in [3.8, 4) is 0 Å². The fourth-order valence-electron chi connectivity index (χ4n) is 3.86. The van der Waals surface area contributed by atoms with Crippen molar-refractivity contribution in [2.45, 2.75) is 6.42 Å². The Kier molecular flexibility index (Phi) is 3.35. The normalized spacial score (nSPS) is 26.5. The van der Waals surface area contributed by atoms with Crippen molar-refractivity contribution in [3.05, 3.63) is 35.8 Å². The molecule has 0 saturated carbocycles. The standard InChI is InChI=1S/C17H17FN2O4/c18-12-2-1-3-13-11(12)6-14(19-13)15(21)20-7-10-8-24-5-4-17(10,9-20)16(22)23/h1-3,6,10,19H,4-5,7-9H2,(H,22,23)/t10-,17+/m0/s1. The van der Waals surface area contributed by atoms with Crippen LogP contribution in [0.4, 0.5) is 4.39 Å². The first-order valence-corrected chi connectivity index (χ1v) is 7.89. The molecule has 0 unspecified atom stereocenters. The van der Waals surface area contributed by atoms with Gasteiger partial charge in [0.2, 0.25) is 0 Å². The van der Waals surface area contributed by atoms with Crippen LogP contribution in [-0.2, 0) is 9.53 Å². The molecule has 0 bridgehead atoms. The highest BCUT2D eigenvalue weighted by Crippen LogP contribution is 2.42. The molecular formula is C17H17FN2O4. The van der Waals surface area contributed by atoms with Crippen molar-refractivity contribution in [2.24, 2.45) is 11.3 Å². The van der Waals surface area contributed by atoms with Crippen molar-refractivity contribution in [1.29, 1.82) is 0 Å². The van der Waals surface area contributed by atoms with E-state index < -0.39 is 17.2 Å². The van der Waals surface area contributed by atoms with Gasteiger partial charge in [0, 0.05) is 36.5 Å². The lowest BCUT2D eigenvalue weighted by Gasteiger charge is -2.33. The summed E-state index contributed by atoms with van der Waals surface area (Å²) in [5.74, 6) is -1.79. The third-order valence-corrected chi connectivity index (χ3v) is 5.26. The highest BCUT2D eigenvalue weighted by Gasteiger charge is 2.55. The van der Waals surface area contributed by atoms with Crippen LogP contribution < -0.4 is 0 Å². The molecule has 126 valence electrons. The van der Waals surface area contributed by atoms with Gasteiger partial charge >= 0.3 is 5.97 Å². The van der Waals surface area contributed by atoms with Gasteiger partial charge in [0.1, 0.15) is 11.5 Å². The number of nitrogens with zero attached hydrogens (tertiary/aromatic N) is 1. The minimum atomic E-state index is -0.939. The van der Waals surface area contributed by atoms with E-state index in [0.717, 1.165) is 0 Å². The Morgan fingerprint density at radius 2 is 2.25 bits per heavy atom. The van der Waals surface area contributed by atoms with Gasteiger partial charge in [0.05, 0.1) is 12.0 Å². The summed E-state index contributed by atoms with van der Waals surface area (Å²) >= 11 is 0. The van der Waals surface area contributed by atoms with Gasteiger partial charge in [-0.05, 0) is 24.6 Å². The zero-order valence-corrected chi connectivity index (χ0v) is 12.9. The Hall–Kier alpha value is -2.41. The van der Waals surface area contributed by atoms with Crippen molar-refractivity contribution >= 4 is 22.8 Å². The summed E-state index contributed by atoms with van der Waals surface area (Å²) in [5.41, 5.74) is -0.119. The number of amides is 1. The smallest absolute Gasteiger partial charge is 0.311 e. The highest BCUT2D eigenvalue weighted by atomic mass is 19.1. The number of nitrogens with one attached hydrogen (secondary N) is 1. The molecule has 1 aromatic heterocycles. The largest absolute Gasteiger partial charge is 0.481 e. The number of H-pyrrole nitrogens is 1.